The van der Waals surface area contributed by atoms with Gasteiger partial charge in [-0.15, -0.1) is 0 Å². The third-order valence-electron chi connectivity index (χ3n) is 7.37. The number of rotatable bonds is 9. The molecule has 194 valence electrons. The Labute approximate surface area is 223 Å². The molecule has 1 atom stereocenters. The molecule has 2 N–H and O–H groups in total. The normalized spacial score (nSPS) is 18.5. The minimum absolute atomic E-state index is 0.0146. The SMILES string of the molecule is CC(Cc1ccc(NC(=O)c2c(Cl)cccc2Cl)cc1)NC(=O)C1(CCN2CCOCC2)CCCC1. The Hall–Kier alpha value is -2.12. The van der Waals surface area contributed by atoms with E-state index in [1.54, 1.807) is 18.2 Å². The molecule has 1 aliphatic carbocycles. The lowest BCUT2D eigenvalue weighted by molar-refractivity contribution is -0.132. The maximum atomic E-state index is 13.4. The van der Waals surface area contributed by atoms with E-state index >= 15 is 0 Å². The van der Waals surface area contributed by atoms with E-state index in [2.05, 4.69) is 22.5 Å². The summed E-state index contributed by atoms with van der Waals surface area (Å²) in [7, 11) is 0. The van der Waals surface area contributed by atoms with Gasteiger partial charge in [0.15, 0.2) is 0 Å². The molecule has 1 aliphatic heterocycles. The van der Waals surface area contributed by atoms with Crippen molar-refractivity contribution < 1.29 is 14.3 Å². The number of hydrogen-bond acceptors (Lipinski definition) is 4. The van der Waals surface area contributed by atoms with Crippen molar-refractivity contribution >= 4 is 40.7 Å². The highest BCUT2D eigenvalue weighted by molar-refractivity contribution is 6.40. The molecule has 36 heavy (non-hydrogen) atoms. The predicted molar refractivity (Wildman–Crippen MR) is 145 cm³/mol. The van der Waals surface area contributed by atoms with E-state index in [0.717, 1.165) is 76.9 Å². The Balaban J connectivity index is 1.30. The monoisotopic (exact) mass is 531 g/mol. The van der Waals surface area contributed by atoms with Crippen molar-refractivity contribution in [3.05, 3.63) is 63.6 Å². The molecule has 1 saturated heterocycles. The van der Waals surface area contributed by atoms with Crippen LogP contribution in [-0.4, -0.2) is 55.6 Å². The first kappa shape index (κ1) is 26.9. The van der Waals surface area contributed by atoms with E-state index in [4.69, 9.17) is 27.9 Å². The number of amides is 2. The fourth-order valence-corrected chi connectivity index (χ4v) is 5.82. The van der Waals surface area contributed by atoms with Gasteiger partial charge in [0.2, 0.25) is 5.91 Å². The zero-order valence-electron chi connectivity index (χ0n) is 20.8. The van der Waals surface area contributed by atoms with E-state index in [1.165, 1.54) is 0 Å². The van der Waals surface area contributed by atoms with Crippen LogP contribution in [0, 0.1) is 5.41 Å². The van der Waals surface area contributed by atoms with E-state index < -0.39 is 0 Å². The quantitative estimate of drug-likeness (QED) is 0.443. The van der Waals surface area contributed by atoms with E-state index in [0.29, 0.717) is 15.7 Å². The van der Waals surface area contributed by atoms with E-state index in [9.17, 15) is 9.59 Å². The molecule has 1 unspecified atom stereocenters. The van der Waals surface area contributed by atoms with Gasteiger partial charge in [-0.1, -0.05) is 54.2 Å². The molecule has 0 radical (unpaired) electrons. The second-order valence-corrected chi connectivity index (χ2v) is 10.8. The van der Waals surface area contributed by atoms with Crippen molar-refractivity contribution in [1.29, 1.82) is 0 Å². The maximum Gasteiger partial charge on any atom is 0.258 e. The second-order valence-electron chi connectivity index (χ2n) is 10.0. The van der Waals surface area contributed by atoms with Gasteiger partial charge in [0.05, 0.1) is 34.2 Å². The Kier molecular flexibility index (Phi) is 9.29. The van der Waals surface area contributed by atoms with Crippen LogP contribution < -0.4 is 10.6 Å². The third-order valence-corrected chi connectivity index (χ3v) is 8.00. The summed E-state index contributed by atoms with van der Waals surface area (Å²) in [6.45, 7) is 6.49. The fraction of sp³-hybridized carbons (Fsp3) is 0.500. The van der Waals surface area contributed by atoms with Gasteiger partial charge in [0, 0.05) is 24.8 Å². The Morgan fingerprint density at radius 1 is 1.03 bits per heavy atom. The first-order valence-electron chi connectivity index (χ1n) is 12.8. The predicted octanol–water partition coefficient (Wildman–Crippen LogP) is 5.58. The number of carbonyl (C=O) groups is 2. The van der Waals surface area contributed by atoms with E-state index in [-0.39, 0.29) is 28.8 Å². The zero-order valence-corrected chi connectivity index (χ0v) is 22.3. The van der Waals surface area contributed by atoms with Crippen molar-refractivity contribution in [1.82, 2.24) is 10.2 Å². The number of morpholine rings is 1. The lowest BCUT2D eigenvalue weighted by Crippen LogP contribution is -2.46. The highest BCUT2D eigenvalue weighted by Crippen LogP contribution is 2.41. The number of benzene rings is 2. The van der Waals surface area contributed by atoms with Crippen LogP contribution in [0.3, 0.4) is 0 Å². The number of nitrogens with zero attached hydrogens (tertiary/aromatic N) is 1. The van der Waals surface area contributed by atoms with Gasteiger partial charge >= 0.3 is 0 Å². The molecule has 2 aromatic rings. The Morgan fingerprint density at radius 3 is 2.31 bits per heavy atom. The van der Waals surface area contributed by atoms with Crippen molar-refractivity contribution in [2.45, 2.75) is 51.5 Å². The smallest absolute Gasteiger partial charge is 0.258 e. The second kappa shape index (κ2) is 12.4. The van der Waals surface area contributed by atoms with Gasteiger partial charge in [0.25, 0.3) is 5.91 Å². The van der Waals surface area contributed by atoms with Crippen LogP contribution in [0.1, 0.15) is 54.9 Å². The maximum absolute atomic E-state index is 13.4. The lowest BCUT2D eigenvalue weighted by atomic mass is 9.81. The zero-order chi connectivity index (χ0) is 25.5. The summed E-state index contributed by atoms with van der Waals surface area (Å²) in [5, 5.41) is 6.77. The molecule has 1 saturated carbocycles. The minimum atomic E-state index is -0.349. The molecule has 8 heteroatoms. The summed E-state index contributed by atoms with van der Waals surface area (Å²) in [5.41, 5.74) is 1.76. The molecule has 0 aromatic heterocycles. The van der Waals surface area contributed by atoms with Gasteiger partial charge in [0.1, 0.15) is 0 Å². The summed E-state index contributed by atoms with van der Waals surface area (Å²) in [6, 6.07) is 12.6. The molecule has 2 amide bonds. The fourth-order valence-electron chi connectivity index (χ4n) is 5.25. The van der Waals surface area contributed by atoms with Gasteiger partial charge in [-0.2, -0.15) is 0 Å². The molecule has 0 spiro atoms. The largest absolute Gasteiger partial charge is 0.379 e. The van der Waals surface area contributed by atoms with Crippen molar-refractivity contribution in [2.24, 2.45) is 5.41 Å². The number of anilines is 1. The molecular weight excluding hydrogens is 497 g/mol. The molecule has 6 nitrogen and oxygen atoms in total. The van der Waals surface area contributed by atoms with Crippen molar-refractivity contribution in [2.75, 3.05) is 38.2 Å². The molecule has 0 bridgehead atoms. The van der Waals surface area contributed by atoms with Crippen LogP contribution >= 0.6 is 23.2 Å². The van der Waals surface area contributed by atoms with Gasteiger partial charge in [-0.05, 0) is 69.0 Å². The molecule has 2 aliphatic rings. The standard InChI is InChI=1S/C28H35Cl2N3O3/c1-20(31-27(35)28(11-2-3-12-28)13-14-33-15-17-36-18-16-33)19-21-7-9-22(10-8-21)32-26(34)25-23(29)5-4-6-24(25)30/h4-10,20H,2-3,11-19H2,1H3,(H,31,35)(H,32,34). The molecule has 2 fully saturated rings. The van der Waals surface area contributed by atoms with Crippen molar-refractivity contribution in [3.63, 3.8) is 0 Å². The first-order chi connectivity index (χ1) is 17.4. The average molecular weight is 533 g/mol. The highest BCUT2D eigenvalue weighted by atomic mass is 35.5. The summed E-state index contributed by atoms with van der Waals surface area (Å²) in [4.78, 5) is 28.4. The lowest BCUT2D eigenvalue weighted by Gasteiger charge is -2.33. The Morgan fingerprint density at radius 2 is 1.67 bits per heavy atom. The summed E-state index contributed by atoms with van der Waals surface area (Å²) >= 11 is 12.3. The number of hydrogen-bond donors (Lipinski definition) is 2. The number of ether oxygens (including phenoxy) is 1. The third kappa shape index (κ3) is 6.80. The summed E-state index contributed by atoms with van der Waals surface area (Å²) < 4.78 is 5.46. The first-order valence-corrected chi connectivity index (χ1v) is 13.6. The summed E-state index contributed by atoms with van der Waals surface area (Å²) in [5.74, 6) is -0.154. The average Bonchev–Trinajstić information content (AvgIpc) is 3.35. The van der Waals surface area contributed by atoms with Crippen LogP contribution in [-0.2, 0) is 16.0 Å². The van der Waals surface area contributed by atoms with Crippen LogP contribution in [0.5, 0.6) is 0 Å². The van der Waals surface area contributed by atoms with Crippen LogP contribution in [0.25, 0.3) is 0 Å². The number of nitrogens with one attached hydrogen (secondary N) is 2. The molecule has 2 aromatic carbocycles. The van der Waals surface area contributed by atoms with Crippen LogP contribution in [0.2, 0.25) is 10.0 Å². The topological polar surface area (TPSA) is 70.7 Å². The summed E-state index contributed by atoms with van der Waals surface area (Å²) in [6.07, 6.45) is 5.82. The van der Waals surface area contributed by atoms with Gasteiger partial charge in [-0.3, -0.25) is 14.5 Å². The van der Waals surface area contributed by atoms with Crippen LogP contribution in [0.4, 0.5) is 5.69 Å². The van der Waals surface area contributed by atoms with Gasteiger partial charge < -0.3 is 15.4 Å². The van der Waals surface area contributed by atoms with Gasteiger partial charge in [-0.25, -0.2) is 0 Å². The Bertz CT molecular complexity index is 1030. The minimum Gasteiger partial charge on any atom is -0.379 e. The van der Waals surface area contributed by atoms with Crippen LogP contribution in [0.15, 0.2) is 42.5 Å². The molecule has 1 heterocycles. The number of halogens is 2. The highest BCUT2D eigenvalue weighted by Gasteiger charge is 2.41. The molecular formula is C28H35Cl2N3O3. The number of carbonyl (C=O) groups excluding carboxylic acids is 2. The van der Waals surface area contributed by atoms with E-state index in [1.807, 2.05) is 24.3 Å². The van der Waals surface area contributed by atoms with Crippen molar-refractivity contribution in [3.8, 4) is 0 Å². The molecule has 4 rings (SSSR count).